The van der Waals surface area contributed by atoms with Gasteiger partial charge in [-0.3, -0.25) is 4.98 Å². The molecule has 0 atom stereocenters. The second-order valence-electron chi connectivity index (χ2n) is 6.96. The van der Waals surface area contributed by atoms with Gasteiger partial charge >= 0.3 is 0 Å². The highest BCUT2D eigenvalue weighted by molar-refractivity contribution is 5.91. The molecule has 138 valence electrons. The minimum absolute atomic E-state index is 0.0578. The van der Waals surface area contributed by atoms with Crippen molar-refractivity contribution in [3.8, 4) is 23.1 Å². The van der Waals surface area contributed by atoms with Crippen LogP contribution < -0.4 is 4.74 Å². The molecule has 3 aromatic heterocycles. The van der Waals surface area contributed by atoms with E-state index in [2.05, 4.69) is 29.9 Å². The standard InChI is InChI=1S/C21H21N3O3/c1-13(2)15-12-23-17-7-10-26-21(17)20(15)16-3-4-19(18(11-22)24-16)27-14-5-8-25-9-6-14/h3-4,7,10,12-14H,5-6,8-9H2,1-2H3. The number of rotatable bonds is 4. The Morgan fingerprint density at radius 3 is 2.78 bits per heavy atom. The van der Waals surface area contributed by atoms with Gasteiger partial charge in [-0.15, -0.1) is 0 Å². The Kier molecular flexibility index (Phi) is 4.78. The molecule has 0 amide bonds. The number of aromatic nitrogens is 2. The summed E-state index contributed by atoms with van der Waals surface area (Å²) < 4.78 is 17.1. The fourth-order valence-corrected chi connectivity index (χ4v) is 3.36. The highest BCUT2D eigenvalue weighted by atomic mass is 16.5. The predicted molar refractivity (Wildman–Crippen MR) is 101 cm³/mol. The smallest absolute Gasteiger partial charge is 0.183 e. The molecule has 0 aliphatic carbocycles. The summed E-state index contributed by atoms with van der Waals surface area (Å²) in [6, 6.07) is 7.72. The zero-order chi connectivity index (χ0) is 18.8. The number of ether oxygens (including phenoxy) is 2. The molecule has 6 nitrogen and oxygen atoms in total. The van der Waals surface area contributed by atoms with Crippen LogP contribution in [0.3, 0.4) is 0 Å². The maximum Gasteiger partial charge on any atom is 0.183 e. The molecule has 27 heavy (non-hydrogen) atoms. The summed E-state index contributed by atoms with van der Waals surface area (Å²) in [7, 11) is 0. The van der Waals surface area contributed by atoms with E-state index in [4.69, 9.17) is 13.9 Å². The largest absolute Gasteiger partial charge is 0.487 e. The SMILES string of the molecule is CC(C)c1cnc2ccoc2c1-c1ccc(OC2CCOCC2)c(C#N)n1. The van der Waals surface area contributed by atoms with Gasteiger partial charge in [-0.1, -0.05) is 13.8 Å². The Hall–Kier alpha value is -2.91. The van der Waals surface area contributed by atoms with Crippen LogP contribution >= 0.6 is 0 Å². The average molecular weight is 363 g/mol. The van der Waals surface area contributed by atoms with E-state index in [-0.39, 0.29) is 17.7 Å². The topological polar surface area (TPSA) is 81.2 Å². The van der Waals surface area contributed by atoms with Crippen LogP contribution in [0.15, 0.2) is 35.1 Å². The summed E-state index contributed by atoms with van der Waals surface area (Å²) in [5.41, 5.74) is 4.36. The summed E-state index contributed by atoms with van der Waals surface area (Å²) in [5.74, 6) is 0.761. The molecule has 4 heterocycles. The van der Waals surface area contributed by atoms with E-state index in [0.717, 1.165) is 29.5 Å². The Morgan fingerprint density at radius 1 is 1.22 bits per heavy atom. The van der Waals surface area contributed by atoms with E-state index in [1.807, 2.05) is 24.4 Å². The molecule has 0 aromatic carbocycles. The van der Waals surface area contributed by atoms with Gasteiger partial charge in [0.2, 0.25) is 0 Å². The van der Waals surface area contributed by atoms with Crippen LogP contribution in [-0.2, 0) is 4.74 Å². The number of furan rings is 1. The van der Waals surface area contributed by atoms with Crippen LogP contribution in [0.4, 0.5) is 0 Å². The van der Waals surface area contributed by atoms with Crippen LogP contribution in [0.2, 0.25) is 0 Å². The van der Waals surface area contributed by atoms with Crippen molar-refractivity contribution >= 4 is 11.1 Å². The normalized spacial score (nSPS) is 15.2. The summed E-state index contributed by atoms with van der Waals surface area (Å²) in [4.78, 5) is 9.06. The van der Waals surface area contributed by atoms with E-state index >= 15 is 0 Å². The third-order valence-electron chi connectivity index (χ3n) is 4.81. The van der Waals surface area contributed by atoms with E-state index in [0.29, 0.717) is 30.2 Å². The molecule has 3 aromatic rings. The molecule has 6 heteroatoms. The lowest BCUT2D eigenvalue weighted by Gasteiger charge is -2.23. The van der Waals surface area contributed by atoms with Crippen molar-refractivity contribution in [1.82, 2.24) is 9.97 Å². The number of hydrogen-bond acceptors (Lipinski definition) is 6. The van der Waals surface area contributed by atoms with Crippen molar-refractivity contribution in [2.45, 2.75) is 38.7 Å². The van der Waals surface area contributed by atoms with Gasteiger partial charge in [0, 0.05) is 25.1 Å². The summed E-state index contributed by atoms with van der Waals surface area (Å²) >= 11 is 0. The van der Waals surface area contributed by atoms with Crippen molar-refractivity contribution in [1.29, 1.82) is 5.26 Å². The molecule has 0 bridgehead atoms. The van der Waals surface area contributed by atoms with Crippen molar-refractivity contribution in [2.24, 2.45) is 0 Å². The molecule has 1 aliphatic rings. The van der Waals surface area contributed by atoms with E-state index in [1.54, 1.807) is 6.26 Å². The van der Waals surface area contributed by atoms with E-state index in [9.17, 15) is 5.26 Å². The lowest BCUT2D eigenvalue weighted by Crippen LogP contribution is -2.26. The van der Waals surface area contributed by atoms with E-state index in [1.165, 1.54) is 0 Å². The van der Waals surface area contributed by atoms with Crippen LogP contribution in [0, 0.1) is 11.3 Å². The molecule has 0 spiro atoms. The van der Waals surface area contributed by atoms with Gasteiger partial charge in [0.15, 0.2) is 17.0 Å². The first-order valence-electron chi connectivity index (χ1n) is 9.19. The molecule has 4 rings (SSSR count). The van der Waals surface area contributed by atoms with Gasteiger partial charge in [0.05, 0.1) is 30.7 Å². The highest BCUT2D eigenvalue weighted by Gasteiger charge is 2.21. The molecular formula is C21H21N3O3. The summed E-state index contributed by atoms with van der Waals surface area (Å²) in [6.45, 7) is 5.57. The van der Waals surface area contributed by atoms with Gasteiger partial charge in [-0.05, 0) is 23.6 Å². The maximum absolute atomic E-state index is 9.62. The van der Waals surface area contributed by atoms with Crippen LogP contribution in [-0.4, -0.2) is 29.3 Å². The summed E-state index contributed by atoms with van der Waals surface area (Å²) in [5, 5.41) is 9.62. The number of hydrogen-bond donors (Lipinski definition) is 0. The molecule has 0 unspecified atom stereocenters. The van der Waals surface area contributed by atoms with Crippen LogP contribution in [0.5, 0.6) is 5.75 Å². The quantitative estimate of drug-likeness (QED) is 0.681. The number of pyridine rings is 2. The first kappa shape index (κ1) is 17.5. The molecule has 0 radical (unpaired) electrons. The predicted octanol–water partition coefficient (Wildman–Crippen LogP) is 4.44. The molecule has 1 aliphatic heterocycles. The highest BCUT2D eigenvalue weighted by Crippen LogP contribution is 2.35. The fraction of sp³-hybridized carbons (Fsp3) is 0.381. The average Bonchev–Trinajstić information content (AvgIpc) is 3.17. The molecular weight excluding hydrogens is 342 g/mol. The third kappa shape index (κ3) is 3.38. The zero-order valence-electron chi connectivity index (χ0n) is 15.4. The lowest BCUT2D eigenvalue weighted by atomic mass is 9.96. The molecule has 0 saturated carbocycles. The van der Waals surface area contributed by atoms with Gasteiger partial charge in [0.1, 0.15) is 17.7 Å². The number of fused-ring (bicyclic) bond motifs is 1. The number of nitriles is 1. The monoisotopic (exact) mass is 363 g/mol. The van der Waals surface area contributed by atoms with Crippen molar-refractivity contribution < 1.29 is 13.9 Å². The molecule has 1 saturated heterocycles. The lowest BCUT2D eigenvalue weighted by molar-refractivity contribution is 0.0253. The number of nitrogens with zero attached hydrogens (tertiary/aromatic N) is 3. The Bertz CT molecular complexity index is 998. The minimum atomic E-state index is 0.0578. The molecule has 1 fully saturated rings. The second kappa shape index (κ2) is 7.37. The van der Waals surface area contributed by atoms with E-state index < -0.39 is 0 Å². The van der Waals surface area contributed by atoms with Gasteiger partial charge in [-0.2, -0.15) is 5.26 Å². The van der Waals surface area contributed by atoms with Crippen molar-refractivity contribution in [3.05, 3.63) is 41.9 Å². The van der Waals surface area contributed by atoms with Crippen LogP contribution in [0.1, 0.15) is 43.9 Å². The van der Waals surface area contributed by atoms with Crippen molar-refractivity contribution in [2.75, 3.05) is 13.2 Å². The first-order valence-corrected chi connectivity index (χ1v) is 9.19. The molecule has 0 N–H and O–H groups in total. The van der Waals surface area contributed by atoms with Crippen LogP contribution in [0.25, 0.3) is 22.4 Å². The fourth-order valence-electron chi connectivity index (χ4n) is 3.36. The Labute approximate surface area is 157 Å². The van der Waals surface area contributed by atoms with Gasteiger partial charge < -0.3 is 13.9 Å². The third-order valence-corrected chi connectivity index (χ3v) is 4.81. The summed E-state index contributed by atoms with van der Waals surface area (Å²) in [6.07, 6.45) is 5.18. The zero-order valence-corrected chi connectivity index (χ0v) is 15.4. The Morgan fingerprint density at radius 2 is 2.04 bits per heavy atom. The van der Waals surface area contributed by atoms with Gasteiger partial charge in [0.25, 0.3) is 0 Å². The minimum Gasteiger partial charge on any atom is -0.487 e. The first-order chi connectivity index (χ1) is 13.2. The second-order valence-corrected chi connectivity index (χ2v) is 6.96. The van der Waals surface area contributed by atoms with Gasteiger partial charge in [-0.25, -0.2) is 4.98 Å². The van der Waals surface area contributed by atoms with Crippen molar-refractivity contribution in [3.63, 3.8) is 0 Å². The Balaban J connectivity index is 1.77. The maximum atomic E-state index is 9.62.